The van der Waals surface area contributed by atoms with E-state index in [0.29, 0.717) is 12.3 Å². The van der Waals surface area contributed by atoms with Crippen molar-refractivity contribution in [3.8, 4) is 0 Å². The standard InChI is InChI=1S/C14H25NO2/c1-12(2)8-10(13(3,4)17-12)11(16)14(9-15)6-5-7-14/h10H,5-9,15H2,1-4H3. The monoisotopic (exact) mass is 239 g/mol. The lowest BCUT2D eigenvalue weighted by molar-refractivity contribution is -0.143. The minimum absolute atomic E-state index is 0.00125. The van der Waals surface area contributed by atoms with Crippen LogP contribution in [0.5, 0.6) is 0 Å². The van der Waals surface area contributed by atoms with Gasteiger partial charge in [0.1, 0.15) is 5.78 Å². The first-order valence-electron chi connectivity index (χ1n) is 6.67. The molecule has 1 heterocycles. The maximum absolute atomic E-state index is 12.7. The summed E-state index contributed by atoms with van der Waals surface area (Å²) in [5.41, 5.74) is 5.06. The van der Waals surface area contributed by atoms with Crippen LogP contribution in [0.2, 0.25) is 0 Å². The quantitative estimate of drug-likeness (QED) is 0.822. The largest absolute Gasteiger partial charge is 0.369 e. The summed E-state index contributed by atoms with van der Waals surface area (Å²) < 4.78 is 6.02. The Balaban J connectivity index is 2.20. The Kier molecular flexibility index (Phi) is 2.91. The lowest BCUT2D eigenvalue weighted by Crippen LogP contribution is -2.50. The maximum atomic E-state index is 12.7. The van der Waals surface area contributed by atoms with E-state index in [9.17, 15) is 4.79 Å². The van der Waals surface area contributed by atoms with Crippen LogP contribution < -0.4 is 5.73 Å². The molecule has 1 aliphatic carbocycles. The van der Waals surface area contributed by atoms with Gasteiger partial charge in [0, 0.05) is 17.9 Å². The molecule has 0 aromatic heterocycles. The van der Waals surface area contributed by atoms with Crippen molar-refractivity contribution >= 4 is 5.78 Å². The molecule has 98 valence electrons. The fourth-order valence-electron chi connectivity index (χ4n) is 3.49. The van der Waals surface area contributed by atoms with Crippen molar-refractivity contribution in [1.29, 1.82) is 0 Å². The van der Waals surface area contributed by atoms with Crippen LogP contribution in [-0.4, -0.2) is 23.5 Å². The minimum atomic E-state index is -0.349. The van der Waals surface area contributed by atoms with Crippen molar-refractivity contribution in [1.82, 2.24) is 0 Å². The van der Waals surface area contributed by atoms with Gasteiger partial charge < -0.3 is 10.5 Å². The number of rotatable bonds is 3. The van der Waals surface area contributed by atoms with Gasteiger partial charge in [-0.05, 0) is 47.0 Å². The number of ketones is 1. The molecule has 2 N–H and O–H groups in total. The zero-order valence-corrected chi connectivity index (χ0v) is 11.5. The Bertz CT molecular complexity index is 324. The van der Waals surface area contributed by atoms with Crippen molar-refractivity contribution in [3.05, 3.63) is 0 Å². The Morgan fingerprint density at radius 1 is 1.29 bits per heavy atom. The Morgan fingerprint density at radius 2 is 1.88 bits per heavy atom. The third-order valence-corrected chi connectivity index (χ3v) is 4.61. The number of nitrogens with two attached hydrogens (primary N) is 1. The van der Waals surface area contributed by atoms with Crippen LogP contribution in [-0.2, 0) is 9.53 Å². The van der Waals surface area contributed by atoms with E-state index in [1.165, 1.54) is 0 Å². The molecule has 17 heavy (non-hydrogen) atoms. The first kappa shape index (κ1) is 13.0. The summed E-state index contributed by atoms with van der Waals surface area (Å²) in [6.07, 6.45) is 3.89. The van der Waals surface area contributed by atoms with E-state index in [1.54, 1.807) is 0 Å². The number of carbonyl (C=O) groups is 1. The number of carbonyl (C=O) groups excluding carboxylic acids is 1. The molecule has 3 heteroatoms. The third-order valence-electron chi connectivity index (χ3n) is 4.61. The molecule has 1 aliphatic heterocycles. The maximum Gasteiger partial charge on any atom is 0.146 e. The van der Waals surface area contributed by atoms with Crippen molar-refractivity contribution in [2.75, 3.05) is 6.54 Å². The van der Waals surface area contributed by atoms with Gasteiger partial charge >= 0.3 is 0 Å². The highest BCUT2D eigenvalue weighted by atomic mass is 16.5. The molecule has 2 rings (SSSR count). The van der Waals surface area contributed by atoms with Crippen molar-refractivity contribution in [2.24, 2.45) is 17.1 Å². The molecule has 0 bridgehead atoms. The van der Waals surface area contributed by atoms with Crippen LogP contribution in [0.4, 0.5) is 0 Å². The number of hydrogen-bond donors (Lipinski definition) is 1. The average Bonchev–Trinajstić information content (AvgIpc) is 2.33. The van der Waals surface area contributed by atoms with Gasteiger partial charge in [-0.2, -0.15) is 0 Å². The first-order valence-corrected chi connectivity index (χ1v) is 6.67. The highest BCUT2D eigenvalue weighted by Crippen LogP contribution is 2.50. The number of hydrogen-bond acceptors (Lipinski definition) is 3. The summed E-state index contributed by atoms with van der Waals surface area (Å²) >= 11 is 0. The predicted molar refractivity (Wildman–Crippen MR) is 67.7 cm³/mol. The summed E-state index contributed by atoms with van der Waals surface area (Å²) in [6.45, 7) is 8.70. The molecule has 0 radical (unpaired) electrons. The molecular formula is C14H25NO2. The zero-order valence-electron chi connectivity index (χ0n) is 11.5. The van der Waals surface area contributed by atoms with Gasteiger partial charge in [0.25, 0.3) is 0 Å². The molecular weight excluding hydrogens is 214 g/mol. The Hall–Kier alpha value is -0.410. The molecule has 1 atom stereocenters. The van der Waals surface area contributed by atoms with E-state index in [4.69, 9.17) is 10.5 Å². The van der Waals surface area contributed by atoms with Crippen LogP contribution in [0.1, 0.15) is 53.4 Å². The number of ether oxygens (including phenoxy) is 1. The highest BCUT2D eigenvalue weighted by Gasteiger charge is 2.55. The van der Waals surface area contributed by atoms with Crippen LogP contribution >= 0.6 is 0 Å². The smallest absolute Gasteiger partial charge is 0.146 e. The molecule has 2 aliphatic rings. The summed E-state index contributed by atoms with van der Waals surface area (Å²) in [5.74, 6) is 0.350. The van der Waals surface area contributed by atoms with Crippen LogP contribution in [0.3, 0.4) is 0 Å². The SMILES string of the molecule is CC1(C)CC(C(=O)C2(CN)CCC2)C(C)(C)O1. The van der Waals surface area contributed by atoms with E-state index in [-0.39, 0.29) is 22.5 Å². The van der Waals surface area contributed by atoms with E-state index >= 15 is 0 Å². The first-order chi connectivity index (χ1) is 7.72. The second-order valence-electron chi connectivity index (χ2n) is 6.92. The van der Waals surface area contributed by atoms with Gasteiger partial charge in [-0.15, -0.1) is 0 Å². The zero-order chi connectivity index (χ0) is 12.9. The summed E-state index contributed by atoms with van der Waals surface area (Å²) in [7, 11) is 0. The van der Waals surface area contributed by atoms with Crippen LogP contribution in [0.15, 0.2) is 0 Å². The predicted octanol–water partition coefficient (Wildman–Crippen LogP) is 2.28. The van der Waals surface area contributed by atoms with Crippen LogP contribution in [0.25, 0.3) is 0 Å². The van der Waals surface area contributed by atoms with Gasteiger partial charge in [0.2, 0.25) is 0 Å². The van der Waals surface area contributed by atoms with E-state index in [0.717, 1.165) is 25.7 Å². The average molecular weight is 239 g/mol. The fraction of sp³-hybridized carbons (Fsp3) is 0.929. The molecule has 1 saturated carbocycles. The number of Topliss-reactive ketones (excluding diaryl/α,β-unsaturated/α-hetero) is 1. The Labute approximate surface area is 104 Å². The Morgan fingerprint density at radius 3 is 2.18 bits per heavy atom. The van der Waals surface area contributed by atoms with Crippen LogP contribution in [0, 0.1) is 11.3 Å². The van der Waals surface area contributed by atoms with Gasteiger partial charge in [0.05, 0.1) is 11.2 Å². The summed E-state index contributed by atoms with van der Waals surface area (Å²) in [6, 6.07) is 0. The fourth-order valence-corrected chi connectivity index (χ4v) is 3.49. The molecule has 0 aromatic rings. The van der Waals surface area contributed by atoms with E-state index in [1.807, 2.05) is 13.8 Å². The van der Waals surface area contributed by atoms with Gasteiger partial charge in [-0.1, -0.05) is 6.42 Å². The molecule has 1 saturated heterocycles. The summed E-state index contributed by atoms with van der Waals surface area (Å²) in [5, 5.41) is 0. The summed E-state index contributed by atoms with van der Waals surface area (Å²) in [4.78, 5) is 12.7. The minimum Gasteiger partial charge on any atom is -0.369 e. The van der Waals surface area contributed by atoms with E-state index < -0.39 is 0 Å². The molecule has 2 fully saturated rings. The highest BCUT2D eigenvalue weighted by molar-refractivity contribution is 5.89. The van der Waals surface area contributed by atoms with E-state index in [2.05, 4.69) is 13.8 Å². The molecule has 0 amide bonds. The second-order valence-corrected chi connectivity index (χ2v) is 6.92. The second kappa shape index (κ2) is 3.79. The normalized spacial score (nSPS) is 33.1. The topological polar surface area (TPSA) is 52.3 Å². The lowest BCUT2D eigenvalue weighted by atomic mass is 9.61. The van der Waals surface area contributed by atoms with Gasteiger partial charge in [-0.3, -0.25) is 4.79 Å². The molecule has 0 aromatic carbocycles. The molecule has 3 nitrogen and oxygen atoms in total. The van der Waals surface area contributed by atoms with Gasteiger partial charge in [0.15, 0.2) is 0 Å². The molecule has 0 spiro atoms. The third kappa shape index (κ3) is 2.04. The van der Waals surface area contributed by atoms with Crippen molar-refractivity contribution in [2.45, 2.75) is 64.6 Å². The molecule has 1 unspecified atom stereocenters. The lowest BCUT2D eigenvalue weighted by Gasteiger charge is -2.42. The van der Waals surface area contributed by atoms with Gasteiger partial charge in [-0.25, -0.2) is 0 Å². The van der Waals surface area contributed by atoms with Crippen molar-refractivity contribution in [3.63, 3.8) is 0 Å². The van der Waals surface area contributed by atoms with Crippen molar-refractivity contribution < 1.29 is 9.53 Å².